The molecule has 0 aliphatic carbocycles. The van der Waals surface area contributed by atoms with E-state index in [1.54, 1.807) is 0 Å². The summed E-state index contributed by atoms with van der Waals surface area (Å²) >= 11 is 0. The third-order valence-electron chi connectivity index (χ3n) is 2.77. The number of aromatic nitrogens is 2. The maximum Gasteiger partial charge on any atom is 0.356 e. The molecule has 0 bridgehead atoms. The average molecular weight is 292 g/mol. The fourth-order valence-corrected chi connectivity index (χ4v) is 1.66. The van der Waals surface area contributed by atoms with Crippen LogP contribution in [0.25, 0.3) is 0 Å². The molecule has 7 nitrogen and oxygen atoms in total. The molecule has 110 valence electrons. The SMILES string of the molecule is Nc1ccc(C(=O)NCCn2cnc(C(=O)O)c2)cc1F. The number of halogens is 1. The van der Waals surface area contributed by atoms with E-state index >= 15 is 0 Å². The Balaban J connectivity index is 1.88. The molecule has 0 radical (unpaired) electrons. The first-order valence-corrected chi connectivity index (χ1v) is 6.05. The second-order valence-electron chi connectivity index (χ2n) is 4.29. The molecular weight excluding hydrogens is 279 g/mol. The Kier molecular flexibility index (Phi) is 4.17. The third-order valence-corrected chi connectivity index (χ3v) is 2.77. The molecule has 0 unspecified atom stereocenters. The number of nitrogens with one attached hydrogen (secondary N) is 1. The number of carbonyl (C=O) groups excluding carboxylic acids is 1. The first-order valence-electron chi connectivity index (χ1n) is 6.05. The van der Waals surface area contributed by atoms with Crippen LogP contribution in [0.2, 0.25) is 0 Å². The Hall–Kier alpha value is -2.90. The van der Waals surface area contributed by atoms with Crippen molar-refractivity contribution in [1.29, 1.82) is 0 Å². The van der Waals surface area contributed by atoms with Crippen molar-refractivity contribution in [2.75, 3.05) is 12.3 Å². The van der Waals surface area contributed by atoms with Gasteiger partial charge >= 0.3 is 5.97 Å². The highest BCUT2D eigenvalue weighted by atomic mass is 19.1. The molecular formula is C13H13FN4O3. The van der Waals surface area contributed by atoms with Gasteiger partial charge in [-0.2, -0.15) is 0 Å². The minimum absolute atomic E-state index is 0.0221. The van der Waals surface area contributed by atoms with Crippen molar-refractivity contribution < 1.29 is 19.1 Å². The van der Waals surface area contributed by atoms with Crippen molar-refractivity contribution in [3.63, 3.8) is 0 Å². The number of benzene rings is 1. The average Bonchev–Trinajstić information content (AvgIpc) is 2.91. The van der Waals surface area contributed by atoms with E-state index in [0.29, 0.717) is 6.54 Å². The second-order valence-corrected chi connectivity index (χ2v) is 4.29. The first-order chi connectivity index (χ1) is 9.97. The van der Waals surface area contributed by atoms with Gasteiger partial charge in [0, 0.05) is 24.8 Å². The number of hydrogen-bond acceptors (Lipinski definition) is 4. The lowest BCUT2D eigenvalue weighted by Gasteiger charge is -2.06. The Bertz CT molecular complexity index is 684. The number of anilines is 1. The molecule has 8 heteroatoms. The standard InChI is InChI=1S/C13H13FN4O3/c14-9-5-8(1-2-10(9)15)12(19)16-3-4-18-6-11(13(20)21)17-7-18/h1-2,5-7H,3-4,15H2,(H,16,19)(H,20,21). The highest BCUT2D eigenvalue weighted by Gasteiger charge is 2.09. The summed E-state index contributed by atoms with van der Waals surface area (Å²) in [6, 6.07) is 3.80. The summed E-state index contributed by atoms with van der Waals surface area (Å²) in [7, 11) is 0. The van der Waals surface area contributed by atoms with Crippen LogP contribution in [0.15, 0.2) is 30.7 Å². The van der Waals surface area contributed by atoms with Crippen LogP contribution < -0.4 is 11.1 Å². The molecule has 0 fully saturated rings. The van der Waals surface area contributed by atoms with Crippen molar-refractivity contribution in [3.05, 3.63) is 47.8 Å². The normalized spacial score (nSPS) is 10.3. The summed E-state index contributed by atoms with van der Waals surface area (Å²) in [6.45, 7) is 0.601. The van der Waals surface area contributed by atoms with Gasteiger partial charge in [-0.15, -0.1) is 0 Å². The van der Waals surface area contributed by atoms with Gasteiger partial charge in [-0.25, -0.2) is 14.2 Å². The molecule has 0 spiro atoms. The summed E-state index contributed by atoms with van der Waals surface area (Å²) in [5, 5.41) is 11.3. The van der Waals surface area contributed by atoms with Crippen LogP contribution in [0.4, 0.5) is 10.1 Å². The number of nitrogens with zero attached hydrogens (tertiary/aromatic N) is 2. The molecule has 2 rings (SSSR count). The van der Waals surface area contributed by atoms with Crippen LogP contribution in [0, 0.1) is 5.82 Å². The van der Waals surface area contributed by atoms with E-state index in [0.717, 1.165) is 6.07 Å². The molecule has 1 heterocycles. The molecule has 0 saturated carbocycles. The van der Waals surface area contributed by atoms with Gasteiger partial charge in [-0.05, 0) is 18.2 Å². The fourth-order valence-electron chi connectivity index (χ4n) is 1.66. The van der Waals surface area contributed by atoms with Gasteiger partial charge < -0.3 is 20.7 Å². The Morgan fingerprint density at radius 1 is 1.43 bits per heavy atom. The predicted octanol–water partition coefficient (Wildman–Crippen LogP) is 0.733. The van der Waals surface area contributed by atoms with Crippen molar-refractivity contribution >= 4 is 17.6 Å². The maximum atomic E-state index is 13.2. The Morgan fingerprint density at radius 3 is 2.81 bits per heavy atom. The lowest BCUT2D eigenvalue weighted by atomic mass is 10.2. The van der Waals surface area contributed by atoms with E-state index in [4.69, 9.17) is 10.8 Å². The monoisotopic (exact) mass is 292 g/mol. The number of nitrogen functional groups attached to an aromatic ring is 1. The van der Waals surface area contributed by atoms with Gasteiger partial charge in [-0.3, -0.25) is 4.79 Å². The van der Waals surface area contributed by atoms with Crippen LogP contribution in [0.5, 0.6) is 0 Å². The summed E-state index contributed by atoms with van der Waals surface area (Å²) < 4.78 is 14.8. The Morgan fingerprint density at radius 2 is 2.19 bits per heavy atom. The van der Waals surface area contributed by atoms with Crippen molar-refractivity contribution in [2.45, 2.75) is 6.54 Å². The molecule has 0 saturated heterocycles. The van der Waals surface area contributed by atoms with Crippen LogP contribution >= 0.6 is 0 Å². The van der Waals surface area contributed by atoms with E-state index in [9.17, 15) is 14.0 Å². The number of hydrogen-bond donors (Lipinski definition) is 3. The minimum atomic E-state index is -1.12. The maximum absolute atomic E-state index is 13.2. The van der Waals surface area contributed by atoms with Gasteiger partial charge in [0.25, 0.3) is 5.91 Å². The van der Waals surface area contributed by atoms with Gasteiger partial charge in [-0.1, -0.05) is 0 Å². The number of imidazole rings is 1. The van der Waals surface area contributed by atoms with Crippen LogP contribution in [0.3, 0.4) is 0 Å². The van der Waals surface area contributed by atoms with Crippen molar-refractivity contribution in [3.8, 4) is 0 Å². The Labute approximate surface area is 119 Å². The largest absolute Gasteiger partial charge is 0.476 e. The zero-order valence-corrected chi connectivity index (χ0v) is 10.9. The minimum Gasteiger partial charge on any atom is -0.476 e. The van der Waals surface area contributed by atoms with Crippen molar-refractivity contribution in [2.24, 2.45) is 0 Å². The molecule has 1 amide bonds. The highest BCUT2D eigenvalue weighted by Crippen LogP contribution is 2.11. The molecule has 2 aromatic rings. The second kappa shape index (κ2) is 6.04. The lowest BCUT2D eigenvalue weighted by Crippen LogP contribution is -2.27. The molecule has 1 aromatic heterocycles. The fraction of sp³-hybridized carbons (Fsp3) is 0.154. The van der Waals surface area contributed by atoms with E-state index in [-0.39, 0.29) is 23.5 Å². The zero-order chi connectivity index (χ0) is 15.4. The quantitative estimate of drug-likeness (QED) is 0.704. The molecule has 4 N–H and O–H groups in total. The topological polar surface area (TPSA) is 110 Å². The molecule has 1 aromatic carbocycles. The highest BCUT2D eigenvalue weighted by molar-refractivity contribution is 5.94. The molecule has 0 aliphatic rings. The summed E-state index contributed by atoms with van der Waals surface area (Å²) in [4.78, 5) is 26.1. The smallest absolute Gasteiger partial charge is 0.356 e. The van der Waals surface area contributed by atoms with Gasteiger partial charge in [0.1, 0.15) is 5.82 Å². The number of aromatic carboxylic acids is 1. The number of nitrogens with two attached hydrogens (primary N) is 1. The van der Waals surface area contributed by atoms with E-state index in [1.807, 2.05) is 0 Å². The van der Waals surface area contributed by atoms with Gasteiger partial charge in [0.15, 0.2) is 5.69 Å². The number of amides is 1. The number of carboxylic acids is 1. The van der Waals surface area contributed by atoms with Gasteiger partial charge in [0.2, 0.25) is 0 Å². The lowest BCUT2D eigenvalue weighted by molar-refractivity contribution is 0.0690. The van der Waals surface area contributed by atoms with Crippen LogP contribution in [0.1, 0.15) is 20.8 Å². The van der Waals surface area contributed by atoms with Crippen LogP contribution in [-0.2, 0) is 6.54 Å². The van der Waals surface area contributed by atoms with E-state index < -0.39 is 17.7 Å². The summed E-state index contributed by atoms with van der Waals surface area (Å²) in [5.41, 5.74) is 5.40. The van der Waals surface area contributed by atoms with E-state index in [2.05, 4.69) is 10.3 Å². The number of carboxylic acid groups (broad SMARTS) is 1. The number of rotatable bonds is 5. The predicted molar refractivity (Wildman–Crippen MR) is 72.3 cm³/mol. The third kappa shape index (κ3) is 3.56. The molecule has 0 atom stereocenters. The summed E-state index contributed by atoms with van der Waals surface area (Å²) in [6.07, 6.45) is 2.72. The first kappa shape index (κ1) is 14.5. The summed E-state index contributed by atoms with van der Waals surface area (Å²) in [5.74, 6) is -2.20. The number of carbonyl (C=O) groups is 2. The van der Waals surface area contributed by atoms with Gasteiger partial charge in [0.05, 0.1) is 12.0 Å². The molecule has 21 heavy (non-hydrogen) atoms. The van der Waals surface area contributed by atoms with Crippen LogP contribution in [-0.4, -0.2) is 33.1 Å². The van der Waals surface area contributed by atoms with Crippen molar-refractivity contribution in [1.82, 2.24) is 14.9 Å². The van der Waals surface area contributed by atoms with E-state index in [1.165, 1.54) is 29.2 Å². The molecule has 0 aliphatic heterocycles. The zero-order valence-electron chi connectivity index (χ0n) is 10.9.